The minimum atomic E-state index is -0.696. The molecule has 1 fully saturated rings. The Kier molecular flexibility index (Phi) is 4.98. The van der Waals surface area contributed by atoms with E-state index >= 15 is 0 Å². The van der Waals surface area contributed by atoms with E-state index in [1.165, 1.54) is 0 Å². The van der Waals surface area contributed by atoms with Gasteiger partial charge in [-0.1, -0.05) is 0 Å². The van der Waals surface area contributed by atoms with Gasteiger partial charge in [-0.3, -0.25) is 14.3 Å². The lowest BCUT2D eigenvalue weighted by atomic mass is 9.82. The molecule has 2 rings (SSSR count). The van der Waals surface area contributed by atoms with E-state index in [4.69, 9.17) is 5.11 Å². The Morgan fingerprint density at radius 2 is 2.05 bits per heavy atom. The van der Waals surface area contributed by atoms with Crippen LogP contribution in [0.3, 0.4) is 0 Å². The largest absolute Gasteiger partial charge is 0.481 e. The fraction of sp³-hybridized carbons (Fsp3) is 0.667. The first-order chi connectivity index (χ1) is 9.97. The fourth-order valence-electron chi connectivity index (χ4n) is 2.69. The number of carboxylic acids is 1. The predicted molar refractivity (Wildman–Crippen MR) is 78.0 cm³/mol. The maximum absolute atomic E-state index is 12.0. The number of hydrogen-bond acceptors (Lipinski definition) is 3. The molecule has 116 valence electrons. The minimum Gasteiger partial charge on any atom is -0.481 e. The van der Waals surface area contributed by atoms with Gasteiger partial charge >= 0.3 is 5.97 Å². The van der Waals surface area contributed by atoms with Gasteiger partial charge < -0.3 is 10.4 Å². The summed E-state index contributed by atoms with van der Waals surface area (Å²) in [6.45, 7) is 4.63. The molecule has 1 aromatic rings. The number of nitrogens with zero attached hydrogens (tertiary/aromatic N) is 2. The number of carboxylic acid groups (broad SMARTS) is 1. The Labute approximate surface area is 124 Å². The first kappa shape index (κ1) is 15.5. The fourth-order valence-corrected chi connectivity index (χ4v) is 2.69. The molecule has 6 nitrogen and oxygen atoms in total. The zero-order valence-electron chi connectivity index (χ0n) is 12.6. The second-order valence-corrected chi connectivity index (χ2v) is 6.07. The molecule has 1 saturated carbocycles. The third kappa shape index (κ3) is 4.06. The third-order valence-electron chi connectivity index (χ3n) is 4.14. The summed E-state index contributed by atoms with van der Waals surface area (Å²) in [4.78, 5) is 22.9. The SMILES string of the molecule is CC(C)n1cc(C(=O)NCC2CCC(C(=O)O)CC2)cn1. The number of amides is 1. The number of aromatic nitrogens is 2. The van der Waals surface area contributed by atoms with Gasteiger partial charge in [0, 0.05) is 18.8 Å². The Morgan fingerprint density at radius 3 is 2.57 bits per heavy atom. The van der Waals surface area contributed by atoms with Crippen molar-refractivity contribution in [3.05, 3.63) is 18.0 Å². The molecule has 1 amide bonds. The highest BCUT2D eigenvalue weighted by atomic mass is 16.4. The van der Waals surface area contributed by atoms with Gasteiger partial charge in [0.05, 0.1) is 17.7 Å². The van der Waals surface area contributed by atoms with Gasteiger partial charge in [-0.2, -0.15) is 5.10 Å². The third-order valence-corrected chi connectivity index (χ3v) is 4.14. The number of rotatable bonds is 5. The summed E-state index contributed by atoms with van der Waals surface area (Å²) in [7, 11) is 0. The van der Waals surface area contributed by atoms with Gasteiger partial charge in [0.2, 0.25) is 0 Å². The van der Waals surface area contributed by atoms with E-state index in [-0.39, 0.29) is 17.9 Å². The van der Waals surface area contributed by atoms with Crippen LogP contribution in [-0.2, 0) is 4.79 Å². The number of carbonyl (C=O) groups is 2. The molecule has 0 saturated heterocycles. The number of hydrogen-bond donors (Lipinski definition) is 2. The standard InChI is InChI=1S/C15H23N3O3/c1-10(2)18-9-13(8-17-18)14(19)16-7-11-3-5-12(6-4-11)15(20)21/h8-12H,3-7H2,1-2H3,(H,16,19)(H,20,21). The van der Waals surface area contributed by atoms with Gasteiger partial charge in [-0.25, -0.2) is 0 Å². The molecule has 1 aromatic heterocycles. The average Bonchev–Trinajstić information content (AvgIpc) is 2.95. The molecule has 0 spiro atoms. The van der Waals surface area contributed by atoms with Crippen LogP contribution < -0.4 is 5.32 Å². The quantitative estimate of drug-likeness (QED) is 0.870. The van der Waals surface area contributed by atoms with Crippen molar-refractivity contribution in [1.29, 1.82) is 0 Å². The maximum Gasteiger partial charge on any atom is 0.306 e. The lowest BCUT2D eigenvalue weighted by Gasteiger charge is -2.26. The summed E-state index contributed by atoms with van der Waals surface area (Å²) in [6, 6.07) is 0.234. The van der Waals surface area contributed by atoms with Gasteiger partial charge in [0.25, 0.3) is 5.91 Å². The highest BCUT2D eigenvalue weighted by molar-refractivity contribution is 5.93. The summed E-state index contributed by atoms with van der Waals surface area (Å²) in [5.41, 5.74) is 0.572. The van der Waals surface area contributed by atoms with Crippen molar-refractivity contribution in [3.8, 4) is 0 Å². The highest BCUT2D eigenvalue weighted by Crippen LogP contribution is 2.28. The molecule has 1 heterocycles. The lowest BCUT2D eigenvalue weighted by Crippen LogP contribution is -2.32. The number of nitrogens with one attached hydrogen (secondary N) is 1. The van der Waals surface area contributed by atoms with E-state index < -0.39 is 5.97 Å². The zero-order valence-corrected chi connectivity index (χ0v) is 12.6. The topological polar surface area (TPSA) is 84.2 Å². The molecular weight excluding hydrogens is 270 g/mol. The predicted octanol–water partition coefficient (Wildman–Crippen LogP) is 2.08. The lowest BCUT2D eigenvalue weighted by molar-refractivity contribution is -0.143. The summed E-state index contributed by atoms with van der Waals surface area (Å²) < 4.78 is 1.76. The van der Waals surface area contributed by atoms with E-state index in [9.17, 15) is 9.59 Å². The Balaban J connectivity index is 1.78. The van der Waals surface area contributed by atoms with E-state index in [0.29, 0.717) is 30.9 Å². The summed E-state index contributed by atoms with van der Waals surface area (Å²) in [5.74, 6) is -0.633. The van der Waals surface area contributed by atoms with Crippen LogP contribution in [0.2, 0.25) is 0 Å². The van der Waals surface area contributed by atoms with Crippen LogP contribution in [0.1, 0.15) is 55.9 Å². The van der Waals surface area contributed by atoms with Crippen LogP contribution in [0.4, 0.5) is 0 Å². The van der Waals surface area contributed by atoms with Crippen molar-refractivity contribution in [2.24, 2.45) is 11.8 Å². The van der Waals surface area contributed by atoms with E-state index in [1.807, 2.05) is 13.8 Å². The van der Waals surface area contributed by atoms with Crippen molar-refractivity contribution in [1.82, 2.24) is 15.1 Å². The Morgan fingerprint density at radius 1 is 1.38 bits per heavy atom. The second kappa shape index (κ2) is 6.74. The first-order valence-electron chi connectivity index (χ1n) is 7.52. The zero-order chi connectivity index (χ0) is 15.4. The molecule has 0 atom stereocenters. The van der Waals surface area contributed by atoms with Gasteiger partial charge in [0.15, 0.2) is 0 Å². The van der Waals surface area contributed by atoms with Crippen molar-refractivity contribution < 1.29 is 14.7 Å². The molecule has 1 aliphatic carbocycles. The smallest absolute Gasteiger partial charge is 0.306 e. The molecule has 0 bridgehead atoms. The van der Waals surface area contributed by atoms with Crippen molar-refractivity contribution >= 4 is 11.9 Å². The Hall–Kier alpha value is -1.85. The van der Waals surface area contributed by atoms with E-state index in [0.717, 1.165) is 12.8 Å². The van der Waals surface area contributed by atoms with Gasteiger partial charge in [-0.15, -0.1) is 0 Å². The minimum absolute atomic E-state index is 0.109. The first-order valence-corrected chi connectivity index (χ1v) is 7.52. The van der Waals surface area contributed by atoms with Crippen LogP contribution in [0.25, 0.3) is 0 Å². The normalized spacial score (nSPS) is 22.2. The molecule has 1 aliphatic rings. The monoisotopic (exact) mass is 293 g/mol. The van der Waals surface area contributed by atoms with Crippen LogP contribution in [0, 0.1) is 11.8 Å². The van der Waals surface area contributed by atoms with Crippen LogP contribution in [-0.4, -0.2) is 33.3 Å². The van der Waals surface area contributed by atoms with Crippen molar-refractivity contribution in [2.45, 2.75) is 45.6 Å². The number of carbonyl (C=O) groups excluding carboxylic acids is 1. The molecule has 0 unspecified atom stereocenters. The average molecular weight is 293 g/mol. The van der Waals surface area contributed by atoms with Crippen LogP contribution >= 0.6 is 0 Å². The van der Waals surface area contributed by atoms with E-state index in [1.54, 1.807) is 17.1 Å². The molecular formula is C15H23N3O3. The summed E-state index contributed by atoms with van der Waals surface area (Å²) in [5, 5.41) is 16.0. The molecule has 2 N–H and O–H groups in total. The second-order valence-electron chi connectivity index (χ2n) is 6.07. The summed E-state index contributed by atoms with van der Waals surface area (Å²) in [6.07, 6.45) is 6.48. The van der Waals surface area contributed by atoms with Crippen molar-refractivity contribution in [2.75, 3.05) is 6.54 Å². The van der Waals surface area contributed by atoms with Crippen LogP contribution in [0.5, 0.6) is 0 Å². The molecule has 0 radical (unpaired) electrons. The maximum atomic E-state index is 12.0. The van der Waals surface area contributed by atoms with Crippen LogP contribution in [0.15, 0.2) is 12.4 Å². The molecule has 0 aromatic carbocycles. The molecule has 21 heavy (non-hydrogen) atoms. The molecule has 0 aliphatic heterocycles. The highest BCUT2D eigenvalue weighted by Gasteiger charge is 2.26. The van der Waals surface area contributed by atoms with Crippen molar-refractivity contribution in [3.63, 3.8) is 0 Å². The van der Waals surface area contributed by atoms with E-state index in [2.05, 4.69) is 10.4 Å². The Bertz CT molecular complexity index is 502. The number of aliphatic carboxylic acids is 1. The van der Waals surface area contributed by atoms with Gasteiger partial charge in [0.1, 0.15) is 0 Å². The molecule has 6 heteroatoms. The van der Waals surface area contributed by atoms with Gasteiger partial charge in [-0.05, 0) is 45.4 Å². The summed E-state index contributed by atoms with van der Waals surface area (Å²) >= 11 is 0.